The van der Waals surface area contributed by atoms with Gasteiger partial charge in [0, 0.05) is 25.1 Å². The number of nitrogens with zero attached hydrogens (tertiary/aromatic N) is 6. The van der Waals surface area contributed by atoms with Gasteiger partial charge in [0.2, 0.25) is 11.7 Å². The molecule has 8 nitrogen and oxygen atoms in total. The minimum absolute atomic E-state index is 0.192. The van der Waals surface area contributed by atoms with Crippen LogP contribution in [0.3, 0.4) is 0 Å². The van der Waals surface area contributed by atoms with Gasteiger partial charge in [0.05, 0.1) is 16.9 Å². The third-order valence-corrected chi connectivity index (χ3v) is 6.03. The summed E-state index contributed by atoms with van der Waals surface area (Å²) in [6.07, 6.45) is 3.86. The van der Waals surface area contributed by atoms with E-state index >= 15 is 0 Å². The van der Waals surface area contributed by atoms with E-state index in [4.69, 9.17) is 4.52 Å². The third-order valence-electron chi connectivity index (χ3n) is 5.18. The summed E-state index contributed by atoms with van der Waals surface area (Å²) in [5, 5.41) is 14.5. The van der Waals surface area contributed by atoms with E-state index in [1.165, 1.54) is 6.42 Å². The maximum atomic E-state index is 12.4. The summed E-state index contributed by atoms with van der Waals surface area (Å²) in [5.74, 6) is 1.22. The van der Waals surface area contributed by atoms with Crippen LogP contribution in [-0.2, 0) is 11.3 Å². The monoisotopic (exact) mass is 408 g/mol. The molecule has 0 saturated carbocycles. The molecule has 29 heavy (non-hydrogen) atoms. The highest BCUT2D eigenvalue weighted by atomic mass is 32.1. The molecule has 0 bridgehead atoms. The second kappa shape index (κ2) is 7.75. The van der Waals surface area contributed by atoms with Crippen molar-refractivity contribution in [1.82, 2.24) is 30.0 Å². The van der Waals surface area contributed by atoms with Crippen molar-refractivity contribution in [2.75, 3.05) is 13.1 Å². The number of hydrogen-bond acceptors (Lipinski definition) is 7. The highest BCUT2D eigenvalue weighted by Gasteiger charge is 2.17. The summed E-state index contributed by atoms with van der Waals surface area (Å²) >= 11 is 1.56. The maximum Gasteiger partial charge on any atom is 0.268 e. The fourth-order valence-electron chi connectivity index (χ4n) is 3.62. The Morgan fingerprint density at radius 1 is 1.17 bits per heavy atom. The molecule has 1 aromatic carbocycles. The zero-order valence-electron chi connectivity index (χ0n) is 15.8. The molecule has 0 unspecified atom stereocenters. The van der Waals surface area contributed by atoms with Crippen molar-refractivity contribution in [1.29, 1.82) is 0 Å². The van der Waals surface area contributed by atoms with Crippen molar-refractivity contribution < 1.29 is 9.32 Å². The van der Waals surface area contributed by atoms with Crippen molar-refractivity contribution in [3.05, 3.63) is 35.7 Å². The van der Waals surface area contributed by atoms with E-state index in [1.54, 1.807) is 16.0 Å². The minimum Gasteiger partial charge on any atom is -0.343 e. The normalized spacial score (nSPS) is 14.6. The van der Waals surface area contributed by atoms with Gasteiger partial charge >= 0.3 is 0 Å². The fourth-order valence-corrected chi connectivity index (χ4v) is 4.27. The van der Waals surface area contributed by atoms with E-state index in [-0.39, 0.29) is 5.91 Å². The first kappa shape index (κ1) is 18.0. The molecule has 4 aromatic rings. The molecule has 0 atom stereocenters. The van der Waals surface area contributed by atoms with Gasteiger partial charge in [-0.3, -0.25) is 4.79 Å². The Labute approximate surface area is 171 Å². The Kier molecular flexibility index (Phi) is 4.81. The van der Waals surface area contributed by atoms with E-state index in [2.05, 4.69) is 20.5 Å². The molecule has 3 aromatic heterocycles. The van der Waals surface area contributed by atoms with Gasteiger partial charge in [-0.05, 0) is 48.9 Å². The smallest absolute Gasteiger partial charge is 0.268 e. The van der Waals surface area contributed by atoms with Crippen LogP contribution < -0.4 is 0 Å². The van der Waals surface area contributed by atoms with Gasteiger partial charge in [-0.25, -0.2) is 4.68 Å². The van der Waals surface area contributed by atoms with Crippen LogP contribution in [-0.4, -0.2) is 49.0 Å². The number of fused-ring (bicyclic) bond motifs is 1. The lowest BCUT2D eigenvalue weighted by molar-refractivity contribution is -0.132. The lowest BCUT2D eigenvalue weighted by Gasteiger charge is -2.26. The van der Waals surface area contributed by atoms with E-state index < -0.39 is 0 Å². The van der Waals surface area contributed by atoms with E-state index in [0.29, 0.717) is 24.7 Å². The summed E-state index contributed by atoms with van der Waals surface area (Å²) in [7, 11) is 0. The Hall–Kier alpha value is -3.07. The lowest BCUT2D eigenvalue weighted by Crippen LogP contribution is -2.36. The van der Waals surface area contributed by atoms with Crippen molar-refractivity contribution in [3.8, 4) is 22.2 Å². The fraction of sp³-hybridized carbons (Fsp3) is 0.350. The minimum atomic E-state index is 0.192. The van der Waals surface area contributed by atoms with Crippen LogP contribution in [0.5, 0.6) is 0 Å². The number of carbonyl (C=O) groups is 1. The molecule has 1 amide bonds. The van der Waals surface area contributed by atoms with E-state index in [1.807, 2.05) is 40.6 Å². The van der Waals surface area contributed by atoms with Crippen LogP contribution in [0.1, 0.15) is 25.7 Å². The van der Waals surface area contributed by atoms with Crippen molar-refractivity contribution in [2.45, 2.75) is 32.2 Å². The number of likely N-dealkylation sites (tertiary alicyclic amines) is 1. The van der Waals surface area contributed by atoms with Crippen LogP contribution in [0.25, 0.3) is 33.2 Å². The molecule has 0 spiro atoms. The summed E-state index contributed by atoms with van der Waals surface area (Å²) in [6.45, 7) is 2.27. The molecule has 9 heteroatoms. The number of amides is 1. The van der Waals surface area contributed by atoms with Crippen molar-refractivity contribution >= 4 is 28.3 Å². The quantitative estimate of drug-likeness (QED) is 0.501. The van der Waals surface area contributed by atoms with Crippen LogP contribution in [0.4, 0.5) is 0 Å². The van der Waals surface area contributed by atoms with Gasteiger partial charge in [-0.1, -0.05) is 16.4 Å². The van der Waals surface area contributed by atoms with Crippen LogP contribution in [0, 0.1) is 0 Å². The first-order chi connectivity index (χ1) is 14.3. The van der Waals surface area contributed by atoms with Crippen LogP contribution in [0.15, 0.2) is 40.2 Å². The Morgan fingerprint density at radius 3 is 2.90 bits per heavy atom. The largest absolute Gasteiger partial charge is 0.343 e. The molecule has 1 aliphatic heterocycles. The van der Waals surface area contributed by atoms with Gasteiger partial charge in [0.25, 0.3) is 5.89 Å². The Balaban J connectivity index is 1.31. The molecule has 148 valence electrons. The average molecular weight is 408 g/mol. The van der Waals surface area contributed by atoms with Gasteiger partial charge in [0.1, 0.15) is 5.52 Å². The second-order valence-electron chi connectivity index (χ2n) is 7.11. The van der Waals surface area contributed by atoms with Crippen LogP contribution in [0.2, 0.25) is 0 Å². The first-order valence-electron chi connectivity index (χ1n) is 9.77. The van der Waals surface area contributed by atoms with E-state index in [9.17, 15) is 4.79 Å². The zero-order chi connectivity index (χ0) is 19.6. The van der Waals surface area contributed by atoms with Crippen molar-refractivity contribution in [3.63, 3.8) is 0 Å². The number of rotatable bonds is 5. The highest BCUT2D eigenvalue weighted by molar-refractivity contribution is 7.13. The number of thiophene rings is 1. The number of benzene rings is 1. The SMILES string of the molecule is O=C(CCn1nnc2cc(-c3noc(-c4cccs4)n3)ccc21)N1CCCCC1. The molecule has 1 saturated heterocycles. The van der Waals surface area contributed by atoms with Crippen molar-refractivity contribution in [2.24, 2.45) is 0 Å². The molecule has 0 N–H and O–H groups in total. The summed E-state index contributed by atoms with van der Waals surface area (Å²) in [6, 6.07) is 9.66. The molecule has 4 heterocycles. The zero-order valence-corrected chi connectivity index (χ0v) is 16.6. The Morgan fingerprint density at radius 2 is 2.07 bits per heavy atom. The van der Waals surface area contributed by atoms with Gasteiger partial charge in [-0.15, -0.1) is 16.4 Å². The summed E-state index contributed by atoms with van der Waals surface area (Å²) < 4.78 is 7.16. The number of hydrogen-bond donors (Lipinski definition) is 0. The highest BCUT2D eigenvalue weighted by Crippen LogP contribution is 2.27. The molecular weight excluding hydrogens is 388 g/mol. The third kappa shape index (κ3) is 3.65. The molecular formula is C20H20N6O2S. The molecule has 1 fully saturated rings. The standard InChI is InChI=1S/C20H20N6O2S/c27-18(25-9-2-1-3-10-25)8-11-26-16-7-6-14(13-15(16)22-24-26)19-21-20(28-23-19)17-5-4-12-29-17/h4-7,12-13H,1-3,8-11H2. The molecule has 0 aliphatic carbocycles. The Bertz CT molecular complexity index is 1130. The van der Waals surface area contributed by atoms with Gasteiger partial charge < -0.3 is 9.42 Å². The lowest BCUT2D eigenvalue weighted by atomic mass is 10.1. The van der Waals surface area contributed by atoms with Crippen LogP contribution >= 0.6 is 11.3 Å². The van der Waals surface area contributed by atoms with Gasteiger partial charge in [0.15, 0.2) is 0 Å². The molecule has 1 aliphatic rings. The maximum absolute atomic E-state index is 12.4. The number of aryl methyl sites for hydroxylation is 1. The predicted molar refractivity (Wildman–Crippen MR) is 109 cm³/mol. The van der Waals surface area contributed by atoms with E-state index in [0.717, 1.165) is 47.4 Å². The molecule has 0 radical (unpaired) electrons. The first-order valence-corrected chi connectivity index (χ1v) is 10.6. The number of piperidine rings is 1. The molecule has 5 rings (SSSR count). The summed E-state index contributed by atoms with van der Waals surface area (Å²) in [4.78, 5) is 19.8. The predicted octanol–water partition coefficient (Wildman–Crippen LogP) is 3.61. The number of aromatic nitrogens is 5. The van der Waals surface area contributed by atoms with Gasteiger partial charge in [-0.2, -0.15) is 4.98 Å². The number of carbonyl (C=O) groups excluding carboxylic acids is 1. The average Bonchev–Trinajstić information content (AvgIpc) is 3.52. The topological polar surface area (TPSA) is 89.9 Å². The summed E-state index contributed by atoms with van der Waals surface area (Å²) in [5.41, 5.74) is 2.46. The second-order valence-corrected chi connectivity index (χ2v) is 8.06.